The fourth-order valence-electron chi connectivity index (χ4n) is 1.23. The van der Waals surface area contributed by atoms with Gasteiger partial charge >= 0.3 is 0 Å². The molecular weight excluding hydrogens is 134 g/mol. The zero-order chi connectivity index (χ0) is 6.85. The van der Waals surface area contributed by atoms with E-state index in [2.05, 4.69) is 17.9 Å². The van der Waals surface area contributed by atoms with Crippen LogP contribution in [0.1, 0.15) is 12.8 Å². The second kappa shape index (κ2) is 2.90. The van der Waals surface area contributed by atoms with Gasteiger partial charge in [-0.05, 0) is 19.9 Å². The Balaban J connectivity index is 2.35. The molecule has 0 aromatic rings. The fraction of sp³-hybridized carbons (Fsp3) is 1.00. The quantitative estimate of drug-likeness (QED) is 0.457. The maximum atomic E-state index is 9.18. The van der Waals surface area contributed by atoms with Crippen molar-refractivity contribution in [1.82, 2.24) is 5.32 Å². The molecule has 0 aliphatic heterocycles. The summed E-state index contributed by atoms with van der Waals surface area (Å²) in [4.78, 5) is 0. The third kappa shape index (κ3) is 1.60. The van der Waals surface area contributed by atoms with Crippen molar-refractivity contribution in [2.45, 2.75) is 30.2 Å². The van der Waals surface area contributed by atoms with Gasteiger partial charge in [0.2, 0.25) is 0 Å². The second-order valence-electron chi connectivity index (χ2n) is 2.59. The van der Waals surface area contributed by atoms with Gasteiger partial charge in [-0.25, -0.2) is 0 Å². The van der Waals surface area contributed by atoms with Crippen LogP contribution in [0.3, 0.4) is 0 Å². The van der Waals surface area contributed by atoms with Crippen LogP contribution < -0.4 is 5.32 Å². The number of aliphatic hydroxyl groups is 1. The van der Waals surface area contributed by atoms with Crippen LogP contribution in [0, 0.1) is 0 Å². The zero-order valence-electron chi connectivity index (χ0n) is 5.54. The van der Waals surface area contributed by atoms with E-state index in [0.29, 0.717) is 6.04 Å². The van der Waals surface area contributed by atoms with Crippen molar-refractivity contribution in [1.29, 1.82) is 0 Å². The van der Waals surface area contributed by atoms with Crippen LogP contribution >= 0.6 is 12.6 Å². The molecule has 2 nitrogen and oxygen atoms in total. The molecule has 1 saturated carbocycles. The van der Waals surface area contributed by atoms with Crippen LogP contribution in [0.2, 0.25) is 0 Å². The molecule has 1 fully saturated rings. The highest BCUT2D eigenvalue weighted by atomic mass is 32.1. The van der Waals surface area contributed by atoms with Crippen molar-refractivity contribution in [3.8, 4) is 0 Å². The molecule has 0 spiro atoms. The summed E-state index contributed by atoms with van der Waals surface area (Å²) >= 11 is 4.21. The molecule has 1 aliphatic carbocycles. The van der Waals surface area contributed by atoms with Gasteiger partial charge < -0.3 is 10.4 Å². The molecule has 1 aliphatic rings. The first-order chi connectivity index (χ1) is 4.24. The average Bonchev–Trinajstić information content (AvgIpc) is 2.13. The lowest BCUT2D eigenvalue weighted by Gasteiger charge is -2.04. The van der Waals surface area contributed by atoms with Gasteiger partial charge in [-0.2, -0.15) is 12.6 Å². The molecular formula is C6H13NOS. The Morgan fingerprint density at radius 2 is 2.22 bits per heavy atom. The first-order valence-electron chi connectivity index (χ1n) is 3.27. The van der Waals surface area contributed by atoms with E-state index >= 15 is 0 Å². The summed E-state index contributed by atoms with van der Waals surface area (Å²) in [5.74, 6) is 0. The Kier molecular flexibility index (Phi) is 2.38. The lowest BCUT2D eigenvalue weighted by atomic mass is 10.2. The van der Waals surface area contributed by atoms with E-state index in [1.807, 2.05) is 7.05 Å². The highest BCUT2D eigenvalue weighted by Gasteiger charge is 2.28. The van der Waals surface area contributed by atoms with Crippen LogP contribution in [0.4, 0.5) is 0 Å². The molecule has 54 valence electrons. The van der Waals surface area contributed by atoms with Crippen LogP contribution in [-0.4, -0.2) is 29.5 Å². The summed E-state index contributed by atoms with van der Waals surface area (Å²) < 4.78 is 0. The molecule has 0 saturated heterocycles. The minimum absolute atomic E-state index is 0.183. The van der Waals surface area contributed by atoms with E-state index in [9.17, 15) is 5.11 Å². The van der Waals surface area contributed by atoms with Crippen LogP contribution in [0.5, 0.6) is 0 Å². The van der Waals surface area contributed by atoms with Gasteiger partial charge in [-0.3, -0.25) is 0 Å². The predicted molar refractivity (Wildman–Crippen MR) is 40.9 cm³/mol. The van der Waals surface area contributed by atoms with Crippen molar-refractivity contribution in [3.63, 3.8) is 0 Å². The van der Waals surface area contributed by atoms with Crippen molar-refractivity contribution < 1.29 is 5.11 Å². The maximum Gasteiger partial charge on any atom is 0.0671 e. The van der Waals surface area contributed by atoms with E-state index < -0.39 is 0 Å². The van der Waals surface area contributed by atoms with Gasteiger partial charge in [0.15, 0.2) is 0 Å². The number of aliphatic hydroxyl groups excluding tert-OH is 1. The Hall–Kier alpha value is 0.270. The Bertz CT molecular complexity index is 89.1. The predicted octanol–water partition coefficient (Wildman–Crippen LogP) is 0.0275. The summed E-state index contributed by atoms with van der Waals surface area (Å²) in [6.07, 6.45) is 1.64. The fourth-order valence-corrected chi connectivity index (χ4v) is 1.61. The minimum Gasteiger partial charge on any atom is -0.392 e. The molecule has 9 heavy (non-hydrogen) atoms. The second-order valence-corrected chi connectivity index (χ2v) is 3.25. The standard InChI is InChI=1S/C6H13NOS/c1-7-4-2-5(8)6(9)3-4/h4-9H,2-3H2,1H3/t4-,5+,6+/m1/s1. The number of rotatable bonds is 1. The van der Waals surface area contributed by atoms with Crippen LogP contribution in [0.25, 0.3) is 0 Å². The largest absolute Gasteiger partial charge is 0.392 e. The average molecular weight is 147 g/mol. The summed E-state index contributed by atoms with van der Waals surface area (Å²) in [6.45, 7) is 0. The molecule has 2 N–H and O–H groups in total. The van der Waals surface area contributed by atoms with Gasteiger partial charge in [0, 0.05) is 11.3 Å². The first kappa shape index (κ1) is 7.38. The topological polar surface area (TPSA) is 32.3 Å². The third-order valence-electron chi connectivity index (χ3n) is 1.90. The Morgan fingerprint density at radius 3 is 2.44 bits per heavy atom. The van der Waals surface area contributed by atoms with E-state index in [1.165, 1.54) is 0 Å². The summed E-state index contributed by atoms with van der Waals surface area (Å²) in [5, 5.41) is 12.5. The number of nitrogens with one attached hydrogen (secondary N) is 1. The van der Waals surface area contributed by atoms with Gasteiger partial charge in [0.1, 0.15) is 0 Å². The third-order valence-corrected chi connectivity index (χ3v) is 2.46. The van der Waals surface area contributed by atoms with Gasteiger partial charge in [0.05, 0.1) is 6.10 Å². The monoisotopic (exact) mass is 147 g/mol. The smallest absolute Gasteiger partial charge is 0.0671 e. The van der Waals surface area contributed by atoms with Crippen molar-refractivity contribution in [2.75, 3.05) is 7.05 Å². The summed E-state index contributed by atoms with van der Waals surface area (Å²) in [5.41, 5.74) is 0. The maximum absolute atomic E-state index is 9.18. The molecule has 0 aromatic heterocycles. The van der Waals surface area contributed by atoms with Crippen molar-refractivity contribution >= 4 is 12.6 Å². The van der Waals surface area contributed by atoms with Crippen LogP contribution in [0.15, 0.2) is 0 Å². The van der Waals surface area contributed by atoms with Gasteiger partial charge in [0.25, 0.3) is 0 Å². The highest BCUT2D eigenvalue weighted by molar-refractivity contribution is 7.81. The molecule has 0 amide bonds. The number of hydrogen-bond donors (Lipinski definition) is 3. The number of hydrogen-bond acceptors (Lipinski definition) is 3. The summed E-state index contributed by atoms with van der Waals surface area (Å²) in [7, 11) is 1.92. The molecule has 0 bridgehead atoms. The minimum atomic E-state index is -0.203. The molecule has 3 heteroatoms. The first-order valence-corrected chi connectivity index (χ1v) is 3.79. The van der Waals surface area contributed by atoms with E-state index in [-0.39, 0.29) is 11.4 Å². The van der Waals surface area contributed by atoms with E-state index in [1.54, 1.807) is 0 Å². The zero-order valence-corrected chi connectivity index (χ0v) is 6.44. The molecule has 0 unspecified atom stereocenters. The normalized spacial score (nSPS) is 43.7. The Morgan fingerprint density at radius 1 is 1.56 bits per heavy atom. The molecule has 1 rings (SSSR count). The SMILES string of the molecule is CN[C@@H]1C[C@H](O)[C@@H](S)C1. The van der Waals surface area contributed by atoms with E-state index in [0.717, 1.165) is 12.8 Å². The lowest BCUT2D eigenvalue weighted by Crippen LogP contribution is -2.21. The summed E-state index contributed by atoms with van der Waals surface area (Å²) in [6, 6.07) is 0.475. The van der Waals surface area contributed by atoms with Gasteiger partial charge in [-0.1, -0.05) is 0 Å². The van der Waals surface area contributed by atoms with Crippen LogP contribution in [-0.2, 0) is 0 Å². The lowest BCUT2D eigenvalue weighted by molar-refractivity contribution is 0.185. The van der Waals surface area contributed by atoms with Gasteiger partial charge in [-0.15, -0.1) is 0 Å². The van der Waals surface area contributed by atoms with Crippen molar-refractivity contribution in [2.24, 2.45) is 0 Å². The van der Waals surface area contributed by atoms with Crippen molar-refractivity contribution in [3.05, 3.63) is 0 Å². The highest BCUT2D eigenvalue weighted by Crippen LogP contribution is 2.23. The number of thiol groups is 1. The molecule has 3 atom stereocenters. The Labute approximate surface area is 61.1 Å². The molecule has 0 aromatic carbocycles. The molecule has 0 heterocycles. The molecule has 0 radical (unpaired) electrons. The van der Waals surface area contributed by atoms with E-state index in [4.69, 9.17) is 0 Å².